The fourth-order valence-corrected chi connectivity index (χ4v) is 8.55. The van der Waals surface area contributed by atoms with Gasteiger partial charge in [-0.25, -0.2) is 0 Å². The van der Waals surface area contributed by atoms with E-state index in [0.717, 1.165) is 38.5 Å². The van der Waals surface area contributed by atoms with Crippen molar-refractivity contribution in [1.29, 1.82) is 0 Å². The summed E-state index contributed by atoms with van der Waals surface area (Å²) in [4.78, 5) is 0. The number of aliphatic hydroxyl groups excluding tert-OH is 2. The molecule has 3 fully saturated rings. The fourth-order valence-electron chi connectivity index (χ4n) is 8.55. The average molecular weight is 423 g/mol. The van der Waals surface area contributed by atoms with E-state index < -0.39 is 31.6 Å². The van der Waals surface area contributed by atoms with E-state index in [0.29, 0.717) is 23.7 Å². The molecule has 4 rings (SSSR count). The van der Waals surface area contributed by atoms with Gasteiger partial charge in [-0.3, -0.25) is 0 Å². The molecule has 4 aliphatic rings. The summed E-state index contributed by atoms with van der Waals surface area (Å²) in [5.74, 6) is 0.253. The summed E-state index contributed by atoms with van der Waals surface area (Å²) < 4.78 is 46.8. The Morgan fingerprint density at radius 1 is 1.10 bits per heavy atom. The van der Waals surface area contributed by atoms with Crippen LogP contribution in [0, 0.1) is 52.3 Å². The van der Waals surface area contributed by atoms with E-state index in [1.54, 1.807) is 6.92 Å². The average Bonchev–Trinajstić information content (AvgIpc) is 3.08. The van der Waals surface area contributed by atoms with Crippen LogP contribution in [-0.4, -0.2) is 22.4 Å². The number of hydrogen-bond acceptors (Lipinski definition) is 2. The van der Waals surface area contributed by atoms with Crippen LogP contribution < -0.4 is 0 Å². The molecule has 0 amide bonds. The molecule has 2 N–H and O–H groups in total. The van der Waals surface area contributed by atoms with Gasteiger partial charge in [0.05, 0.1) is 12.2 Å². The second kappa shape index (κ2) is 8.22. The molecule has 0 bridgehead atoms. The number of rotatable bonds is 5. The molecule has 10 atom stereocenters. The third-order valence-electron chi connectivity index (χ3n) is 10.6. The van der Waals surface area contributed by atoms with E-state index in [4.69, 9.17) is 8.22 Å². The first-order chi connectivity index (χ1) is 16.5. The molecule has 0 spiro atoms. The summed E-state index contributed by atoms with van der Waals surface area (Å²) in [5, 5.41) is 21.5. The second-order valence-corrected chi connectivity index (χ2v) is 12.0. The Morgan fingerprint density at radius 2 is 1.87 bits per heavy atom. The minimum absolute atomic E-state index is 0.00274. The highest BCUT2D eigenvalue weighted by Crippen LogP contribution is 2.67. The lowest BCUT2D eigenvalue weighted by Crippen LogP contribution is -2.51. The lowest BCUT2D eigenvalue weighted by molar-refractivity contribution is -0.0693. The van der Waals surface area contributed by atoms with Gasteiger partial charge in [-0.05, 0) is 110 Å². The molecule has 3 saturated carbocycles. The van der Waals surface area contributed by atoms with E-state index in [1.807, 2.05) is 0 Å². The standard InChI is InChI=1S/C28H48O2/c1-17(2)18(3)15-26(30)19(4)23-9-10-24-22-8-7-20-16-21(29)11-13-27(20,5)25(22)12-14-28(23,24)6/h7,17-19,21-26,29-30H,8-16H2,1-6H3/t18-,19+,21+,22+,23-,24+,25+,26+,27+,28-/m1/s1/i1D3,2D3. The zero-order valence-corrected chi connectivity index (χ0v) is 19.5. The summed E-state index contributed by atoms with van der Waals surface area (Å²) in [6.45, 7) is 3.50. The van der Waals surface area contributed by atoms with Gasteiger partial charge >= 0.3 is 0 Å². The summed E-state index contributed by atoms with van der Waals surface area (Å²) in [6.07, 6.45) is 10.3. The first kappa shape index (κ1) is 16.3. The fraction of sp³-hybridized carbons (Fsp3) is 0.929. The molecule has 0 saturated heterocycles. The lowest BCUT2D eigenvalue weighted by Gasteiger charge is -2.58. The molecule has 0 aromatic carbocycles. The van der Waals surface area contributed by atoms with Crippen LogP contribution in [-0.2, 0) is 0 Å². The molecule has 172 valence electrons. The van der Waals surface area contributed by atoms with Gasteiger partial charge in [0.25, 0.3) is 0 Å². The Morgan fingerprint density at radius 3 is 2.60 bits per heavy atom. The van der Waals surface area contributed by atoms with Crippen molar-refractivity contribution in [2.24, 2.45) is 52.3 Å². The van der Waals surface area contributed by atoms with Gasteiger partial charge in [0.2, 0.25) is 0 Å². The summed E-state index contributed by atoms with van der Waals surface area (Å²) in [6, 6.07) is 0. The van der Waals surface area contributed by atoms with Gasteiger partial charge in [-0.2, -0.15) is 0 Å². The molecular formula is C28H48O2. The summed E-state index contributed by atoms with van der Waals surface area (Å²) in [5.41, 5.74) is 1.84. The maximum absolute atomic E-state index is 11.3. The smallest absolute Gasteiger partial charge is 0.0577 e. The zero-order valence-electron chi connectivity index (χ0n) is 25.5. The molecular weight excluding hydrogens is 368 g/mol. The van der Waals surface area contributed by atoms with Gasteiger partial charge in [0.1, 0.15) is 0 Å². The monoisotopic (exact) mass is 422 g/mol. The maximum Gasteiger partial charge on any atom is 0.0577 e. The van der Waals surface area contributed by atoms with Gasteiger partial charge in [-0.15, -0.1) is 0 Å². The number of hydrogen-bond donors (Lipinski definition) is 2. The van der Waals surface area contributed by atoms with E-state index in [9.17, 15) is 10.2 Å². The summed E-state index contributed by atoms with van der Waals surface area (Å²) >= 11 is 0. The highest BCUT2D eigenvalue weighted by molar-refractivity contribution is 5.25. The lowest BCUT2D eigenvalue weighted by atomic mass is 9.47. The predicted molar refractivity (Wildman–Crippen MR) is 125 cm³/mol. The SMILES string of the molecule is [2H]C([2H])([2H])C([C@H](C)C[C@H](O)[C@@H](C)[C@H]1CC[C@H]2[C@@H]3CC=C4C[C@@H](O)CC[C@]4(C)[C@H]3CC[C@]12C)C([2H])([2H])[2H]. The largest absolute Gasteiger partial charge is 0.393 e. The molecule has 0 aromatic rings. The van der Waals surface area contributed by atoms with Crippen molar-refractivity contribution in [2.45, 2.75) is 111 Å². The number of allylic oxidation sites excluding steroid dienone is 1. The molecule has 2 nitrogen and oxygen atoms in total. The van der Waals surface area contributed by atoms with E-state index in [1.165, 1.54) is 18.4 Å². The molecule has 0 unspecified atom stereocenters. The van der Waals surface area contributed by atoms with E-state index in [-0.39, 0.29) is 29.3 Å². The Kier molecular flexibility index (Phi) is 4.46. The van der Waals surface area contributed by atoms with Gasteiger partial charge in [0.15, 0.2) is 0 Å². The predicted octanol–water partition coefficient (Wildman–Crippen LogP) is 6.61. The van der Waals surface area contributed by atoms with Crippen molar-refractivity contribution >= 4 is 0 Å². The number of aliphatic hydroxyl groups is 2. The minimum atomic E-state index is -2.57. The molecule has 0 heterocycles. The molecule has 30 heavy (non-hydrogen) atoms. The van der Waals surface area contributed by atoms with Crippen LogP contribution in [0.25, 0.3) is 0 Å². The van der Waals surface area contributed by atoms with Crippen LogP contribution >= 0.6 is 0 Å². The van der Waals surface area contributed by atoms with Crippen LogP contribution in [0.3, 0.4) is 0 Å². The Bertz CT molecular complexity index is 823. The minimum Gasteiger partial charge on any atom is -0.393 e. The van der Waals surface area contributed by atoms with Crippen LogP contribution in [0.1, 0.15) is 107 Å². The van der Waals surface area contributed by atoms with Crippen LogP contribution in [0.15, 0.2) is 11.6 Å². The normalized spacial score (nSPS) is 50.2. The molecule has 2 heteroatoms. The molecule has 0 aromatic heterocycles. The van der Waals surface area contributed by atoms with Crippen LogP contribution in [0.4, 0.5) is 0 Å². The van der Waals surface area contributed by atoms with Crippen LogP contribution in [0.2, 0.25) is 0 Å². The zero-order chi connectivity index (χ0) is 26.8. The molecule has 4 aliphatic carbocycles. The van der Waals surface area contributed by atoms with Gasteiger partial charge in [-0.1, -0.05) is 53.0 Å². The Labute approximate surface area is 194 Å². The molecule has 0 radical (unpaired) electrons. The van der Waals surface area contributed by atoms with Crippen molar-refractivity contribution < 1.29 is 18.4 Å². The van der Waals surface area contributed by atoms with Gasteiger partial charge < -0.3 is 10.2 Å². The first-order valence-corrected chi connectivity index (χ1v) is 12.6. The van der Waals surface area contributed by atoms with Crippen molar-refractivity contribution in [2.75, 3.05) is 0 Å². The quantitative estimate of drug-likeness (QED) is 0.490. The summed E-state index contributed by atoms with van der Waals surface area (Å²) in [7, 11) is 0. The first-order valence-electron chi connectivity index (χ1n) is 15.6. The number of fused-ring (bicyclic) bond motifs is 5. The van der Waals surface area contributed by atoms with Crippen molar-refractivity contribution in [1.82, 2.24) is 0 Å². The second-order valence-electron chi connectivity index (χ2n) is 12.0. The maximum atomic E-state index is 11.3. The highest BCUT2D eigenvalue weighted by Gasteiger charge is 2.59. The van der Waals surface area contributed by atoms with E-state index >= 15 is 0 Å². The molecule has 0 aliphatic heterocycles. The highest BCUT2D eigenvalue weighted by atomic mass is 16.3. The van der Waals surface area contributed by atoms with Crippen molar-refractivity contribution in [3.8, 4) is 0 Å². The third kappa shape index (κ3) is 3.62. The Balaban J connectivity index is 1.48. The van der Waals surface area contributed by atoms with Crippen LogP contribution in [0.5, 0.6) is 0 Å². The van der Waals surface area contributed by atoms with E-state index in [2.05, 4.69) is 26.8 Å². The topological polar surface area (TPSA) is 40.5 Å². The van der Waals surface area contributed by atoms with Gasteiger partial charge in [0, 0.05) is 8.22 Å². The van der Waals surface area contributed by atoms with Crippen molar-refractivity contribution in [3.63, 3.8) is 0 Å². The van der Waals surface area contributed by atoms with Crippen molar-refractivity contribution in [3.05, 3.63) is 11.6 Å². The Hall–Kier alpha value is -0.340. The third-order valence-corrected chi connectivity index (χ3v) is 10.6.